The van der Waals surface area contributed by atoms with Crippen molar-refractivity contribution in [2.45, 2.75) is 51.9 Å². The average Bonchev–Trinajstić information content (AvgIpc) is 2.25. The monoisotopic (exact) mass is 227 g/mol. The van der Waals surface area contributed by atoms with Crippen molar-refractivity contribution >= 4 is 5.97 Å². The summed E-state index contributed by atoms with van der Waals surface area (Å²) in [6.07, 6.45) is 7.86. The Hall–Kier alpha value is -0.570. The van der Waals surface area contributed by atoms with E-state index in [1.54, 1.807) is 0 Å². The van der Waals surface area contributed by atoms with Crippen LogP contribution < -0.4 is 5.32 Å². The van der Waals surface area contributed by atoms with Gasteiger partial charge in [-0.3, -0.25) is 4.79 Å². The van der Waals surface area contributed by atoms with Gasteiger partial charge in [-0.1, -0.05) is 32.6 Å². The first-order valence-corrected chi connectivity index (χ1v) is 6.61. The van der Waals surface area contributed by atoms with Gasteiger partial charge in [0, 0.05) is 6.42 Å². The van der Waals surface area contributed by atoms with E-state index in [-0.39, 0.29) is 6.42 Å². The Morgan fingerprint density at radius 1 is 1.25 bits per heavy atom. The molecule has 0 amide bonds. The van der Waals surface area contributed by atoms with Crippen molar-refractivity contribution in [2.24, 2.45) is 11.8 Å². The van der Waals surface area contributed by atoms with Crippen LogP contribution in [0.3, 0.4) is 0 Å². The second-order valence-corrected chi connectivity index (χ2v) is 5.16. The molecule has 0 saturated heterocycles. The Morgan fingerprint density at radius 3 is 2.56 bits per heavy atom. The fourth-order valence-electron chi connectivity index (χ4n) is 2.41. The summed E-state index contributed by atoms with van der Waals surface area (Å²) >= 11 is 0. The fourth-order valence-corrected chi connectivity index (χ4v) is 2.41. The number of nitrogens with one attached hydrogen (secondary N) is 1. The molecule has 1 saturated carbocycles. The van der Waals surface area contributed by atoms with Crippen LogP contribution in [0.1, 0.15) is 51.9 Å². The van der Waals surface area contributed by atoms with E-state index in [2.05, 4.69) is 12.2 Å². The van der Waals surface area contributed by atoms with E-state index in [1.165, 1.54) is 32.1 Å². The largest absolute Gasteiger partial charge is 0.481 e. The van der Waals surface area contributed by atoms with Crippen LogP contribution in [-0.4, -0.2) is 24.2 Å². The molecule has 0 aromatic heterocycles. The van der Waals surface area contributed by atoms with Crippen molar-refractivity contribution < 1.29 is 9.90 Å². The molecule has 0 aliphatic heterocycles. The van der Waals surface area contributed by atoms with Crippen LogP contribution in [-0.2, 0) is 4.79 Å². The quantitative estimate of drug-likeness (QED) is 0.657. The molecular weight excluding hydrogens is 202 g/mol. The summed E-state index contributed by atoms with van der Waals surface area (Å²) in [6.45, 7) is 4.24. The van der Waals surface area contributed by atoms with Crippen molar-refractivity contribution in [3.8, 4) is 0 Å². The van der Waals surface area contributed by atoms with Crippen LogP contribution >= 0.6 is 0 Å². The van der Waals surface area contributed by atoms with E-state index in [4.69, 9.17) is 5.11 Å². The number of carbonyl (C=O) groups is 1. The standard InChI is InChI=1S/C13H25NO2/c1-11-4-6-12(7-5-11)8-10-14-9-2-3-13(15)16/h11-12,14H,2-10H2,1H3,(H,15,16). The fraction of sp³-hybridized carbons (Fsp3) is 0.923. The molecule has 0 unspecified atom stereocenters. The van der Waals surface area contributed by atoms with Gasteiger partial charge in [-0.2, -0.15) is 0 Å². The molecule has 0 aromatic rings. The highest BCUT2D eigenvalue weighted by Crippen LogP contribution is 2.29. The first-order chi connectivity index (χ1) is 7.68. The molecule has 0 aromatic carbocycles. The third-order valence-electron chi connectivity index (χ3n) is 3.61. The smallest absolute Gasteiger partial charge is 0.303 e. The lowest BCUT2D eigenvalue weighted by molar-refractivity contribution is -0.137. The number of carboxylic acid groups (broad SMARTS) is 1. The SMILES string of the molecule is CC1CCC(CCNCCCC(=O)O)CC1. The van der Waals surface area contributed by atoms with Crippen molar-refractivity contribution in [1.82, 2.24) is 5.32 Å². The average molecular weight is 227 g/mol. The Kier molecular flexibility index (Phi) is 6.46. The van der Waals surface area contributed by atoms with E-state index >= 15 is 0 Å². The minimum absolute atomic E-state index is 0.286. The van der Waals surface area contributed by atoms with Crippen LogP contribution in [0.15, 0.2) is 0 Å². The van der Waals surface area contributed by atoms with Gasteiger partial charge in [0.15, 0.2) is 0 Å². The number of hydrogen-bond acceptors (Lipinski definition) is 2. The predicted octanol–water partition coefficient (Wildman–Crippen LogP) is 2.66. The third kappa shape index (κ3) is 6.11. The minimum atomic E-state index is -0.692. The Bertz CT molecular complexity index is 198. The summed E-state index contributed by atoms with van der Waals surface area (Å²) in [5.41, 5.74) is 0. The van der Waals surface area contributed by atoms with Crippen molar-refractivity contribution in [2.75, 3.05) is 13.1 Å². The van der Waals surface area contributed by atoms with Crippen molar-refractivity contribution in [1.29, 1.82) is 0 Å². The van der Waals surface area contributed by atoms with Gasteiger partial charge in [0.05, 0.1) is 0 Å². The maximum absolute atomic E-state index is 10.3. The lowest BCUT2D eigenvalue weighted by Gasteiger charge is -2.26. The van der Waals surface area contributed by atoms with Crippen LogP contribution in [0, 0.1) is 11.8 Å². The summed E-state index contributed by atoms with van der Waals surface area (Å²) in [4.78, 5) is 10.3. The molecule has 1 fully saturated rings. The summed E-state index contributed by atoms with van der Waals surface area (Å²) < 4.78 is 0. The molecule has 2 N–H and O–H groups in total. The first kappa shape index (κ1) is 13.5. The zero-order chi connectivity index (χ0) is 11.8. The number of hydrogen-bond donors (Lipinski definition) is 2. The predicted molar refractivity (Wildman–Crippen MR) is 65.5 cm³/mol. The summed E-state index contributed by atoms with van der Waals surface area (Å²) in [5.74, 6) is 1.14. The van der Waals surface area contributed by atoms with Crippen molar-refractivity contribution in [3.05, 3.63) is 0 Å². The number of aliphatic carboxylic acids is 1. The zero-order valence-corrected chi connectivity index (χ0v) is 10.4. The molecule has 1 rings (SSSR count). The lowest BCUT2D eigenvalue weighted by atomic mass is 9.81. The van der Waals surface area contributed by atoms with Gasteiger partial charge in [-0.15, -0.1) is 0 Å². The van der Waals surface area contributed by atoms with E-state index in [9.17, 15) is 4.79 Å². The van der Waals surface area contributed by atoms with Crippen molar-refractivity contribution in [3.63, 3.8) is 0 Å². The maximum Gasteiger partial charge on any atom is 0.303 e. The molecule has 0 heterocycles. The summed E-state index contributed by atoms with van der Waals surface area (Å²) in [6, 6.07) is 0. The Balaban J connectivity index is 1.89. The number of rotatable bonds is 7. The Morgan fingerprint density at radius 2 is 1.94 bits per heavy atom. The normalized spacial score (nSPS) is 25.6. The summed E-state index contributed by atoms with van der Waals surface area (Å²) in [7, 11) is 0. The third-order valence-corrected chi connectivity index (χ3v) is 3.61. The van der Waals surface area contributed by atoms with Gasteiger partial charge >= 0.3 is 5.97 Å². The van der Waals surface area contributed by atoms with Gasteiger partial charge in [0.2, 0.25) is 0 Å². The topological polar surface area (TPSA) is 49.3 Å². The molecule has 16 heavy (non-hydrogen) atoms. The maximum atomic E-state index is 10.3. The first-order valence-electron chi connectivity index (χ1n) is 6.61. The number of carboxylic acids is 1. The highest BCUT2D eigenvalue weighted by Gasteiger charge is 2.17. The van der Waals surface area contributed by atoms with Crippen LogP contribution in [0.2, 0.25) is 0 Å². The molecule has 0 bridgehead atoms. The molecule has 3 heteroatoms. The van der Waals surface area contributed by atoms with E-state index < -0.39 is 5.97 Å². The molecule has 94 valence electrons. The van der Waals surface area contributed by atoms with Gasteiger partial charge < -0.3 is 10.4 Å². The zero-order valence-electron chi connectivity index (χ0n) is 10.4. The van der Waals surface area contributed by atoms with Gasteiger partial charge in [-0.25, -0.2) is 0 Å². The molecule has 1 aliphatic rings. The molecule has 1 aliphatic carbocycles. The molecule has 3 nitrogen and oxygen atoms in total. The van der Waals surface area contributed by atoms with E-state index in [0.29, 0.717) is 0 Å². The van der Waals surface area contributed by atoms with Gasteiger partial charge in [-0.05, 0) is 37.8 Å². The van der Waals surface area contributed by atoms with Crippen LogP contribution in [0.4, 0.5) is 0 Å². The van der Waals surface area contributed by atoms with E-state index in [0.717, 1.165) is 31.3 Å². The van der Waals surface area contributed by atoms with Crippen LogP contribution in [0.25, 0.3) is 0 Å². The molecule has 0 spiro atoms. The molecule has 0 radical (unpaired) electrons. The van der Waals surface area contributed by atoms with Gasteiger partial charge in [0.1, 0.15) is 0 Å². The lowest BCUT2D eigenvalue weighted by Crippen LogP contribution is -2.22. The summed E-state index contributed by atoms with van der Waals surface area (Å²) in [5, 5.41) is 11.8. The van der Waals surface area contributed by atoms with Crippen LogP contribution in [0.5, 0.6) is 0 Å². The molecular formula is C13H25NO2. The minimum Gasteiger partial charge on any atom is -0.481 e. The highest BCUT2D eigenvalue weighted by molar-refractivity contribution is 5.66. The highest BCUT2D eigenvalue weighted by atomic mass is 16.4. The molecule has 0 atom stereocenters. The van der Waals surface area contributed by atoms with Gasteiger partial charge in [0.25, 0.3) is 0 Å². The second kappa shape index (κ2) is 7.66. The van der Waals surface area contributed by atoms with E-state index in [1.807, 2.05) is 0 Å². The Labute approximate surface area is 98.6 Å². The second-order valence-electron chi connectivity index (χ2n) is 5.16.